The molecule has 0 aliphatic rings. The lowest BCUT2D eigenvalue weighted by molar-refractivity contribution is 0.290. The van der Waals surface area contributed by atoms with Crippen LogP contribution in [-0.4, -0.2) is 16.1 Å². The molecule has 0 aliphatic heterocycles. The Hall–Kier alpha value is -1.52. The standard InChI is InChI=1S/C15H20ClN3O/c1-3-17-10-12-5-6-14(13(16)9-12)20-11-15-18-7-8-19(15)4-2/h5-9,17H,3-4,10-11H2,1-2H3. The molecule has 1 aromatic heterocycles. The highest BCUT2D eigenvalue weighted by atomic mass is 35.5. The molecule has 0 saturated heterocycles. The third-order valence-electron chi connectivity index (χ3n) is 3.07. The number of nitrogens with zero attached hydrogens (tertiary/aromatic N) is 2. The van der Waals surface area contributed by atoms with Crippen LogP contribution < -0.4 is 10.1 Å². The quantitative estimate of drug-likeness (QED) is 0.852. The number of halogens is 1. The Bertz CT molecular complexity index is 554. The molecule has 0 fully saturated rings. The number of ether oxygens (including phenoxy) is 1. The van der Waals surface area contributed by atoms with Crippen LogP contribution in [-0.2, 0) is 19.7 Å². The molecule has 4 nitrogen and oxygen atoms in total. The monoisotopic (exact) mass is 293 g/mol. The molecule has 0 saturated carbocycles. The van der Waals surface area contributed by atoms with E-state index >= 15 is 0 Å². The first-order valence-electron chi connectivity index (χ1n) is 6.86. The van der Waals surface area contributed by atoms with Gasteiger partial charge in [-0.25, -0.2) is 4.98 Å². The van der Waals surface area contributed by atoms with E-state index in [0.717, 1.165) is 31.0 Å². The summed E-state index contributed by atoms with van der Waals surface area (Å²) in [6, 6.07) is 5.87. The summed E-state index contributed by atoms with van der Waals surface area (Å²) < 4.78 is 7.80. The smallest absolute Gasteiger partial charge is 0.146 e. The van der Waals surface area contributed by atoms with Crippen molar-refractivity contribution < 1.29 is 4.74 Å². The van der Waals surface area contributed by atoms with E-state index in [2.05, 4.69) is 24.1 Å². The Labute approximate surface area is 124 Å². The average Bonchev–Trinajstić information content (AvgIpc) is 2.91. The van der Waals surface area contributed by atoms with Crippen molar-refractivity contribution in [2.75, 3.05) is 6.54 Å². The third-order valence-corrected chi connectivity index (χ3v) is 3.37. The van der Waals surface area contributed by atoms with E-state index < -0.39 is 0 Å². The van der Waals surface area contributed by atoms with Crippen molar-refractivity contribution in [2.24, 2.45) is 0 Å². The SMILES string of the molecule is CCNCc1ccc(OCc2nccn2CC)c(Cl)c1. The predicted molar refractivity (Wildman–Crippen MR) is 81.1 cm³/mol. The minimum absolute atomic E-state index is 0.424. The Balaban J connectivity index is 1.99. The van der Waals surface area contributed by atoms with Crippen molar-refractivity contribution in [2.45, 2.75) is 33.5 Å². The van der Waals surface area contributed by atoms with Gasteiger partial charge in [0.1, 0.15) is 18.2 Å². The zero-order valence-corrected chi connectivity index (χ0v) is 12.7. The Morgan fingerprint density at radius 3 is 2.90 bits per heavy atom. The van der Waals surface area contributed by atoms with Gasteiger partial charge < -0.3 is 14.6 Å². The van der Waals surface area contributed by atoms with Crippen molar-refractivity contribution in [1.82, 2.24) is 14.9 Å². The van der Waals surface area contributed by atoms with Gasteiger partial charge in [0.15, 0.2) is 0 Å². The molecule has 1 heterocycles. The largest absolute Gasteiger partial charge is 0.484 e. The molecule has 0 spiro atoms. The van der Waals surface area contributed by atoms with E-state index in [1.54, 1.807) is 6.20 Å². The van der Waals surface area contributed by atoms with Crippen LogP contribution in [0.2, 0.25) is 5.02 Å². The molecule has 2 aromatic rings. The van der Waals surface area contributed by atoms with Crippen LogP contribution in [0.5, 0.6) is 5.75 Å². The van der Waals surface area contributed by atoms with Crippen LogP contribution in [0.1, 0.15) is 25.2 Å². The second-order valence-corrected chi connectivity index (χ2v) is 4.87. The van der Waals surface area contributed by atoms with E-state index in [9.17, 15) is 0 Å². The van der Waals surface area contributed by atoms with E-state index in [1.807, 2.05) is 29.0 Å². The van der Waals surface area contributed by atoms with Gasteiger partial charge in [0.05, 0.1) is 5.02 Å². The maximum absolute atomic E-state index is 6.24. The molecule has 108 valence electrons. The third kappa shape index (κ3) is 3.74. The lowest BCUT2D eigenvalue weighted by atomic mass is 10.2. The van der Waals surface area contributed by atoms with Gasteiger partial charge in [0.2, 0.25) is 0 Å². The van der Waals surface area contributed by atoms with Crippen molar-refractivity contribution in [3.8, 4) is 5.75 Å². The van der Waals surface area contributed by atoms with Gasteiger partial charge in [0.25, 0.3) is 0 Å². The number of aromatic nitrogens is 2. The fraction of sp³-hybridized carbons (Fsp3) is 0.400. The maximum atomic E-state index is 6.24. The van der Waals surface area contributed by atoms with E-state index in [-0.39, 0.29) is 0 Å². The molecular formula is C15H20ClN3O. The molecule has 0 radical (unpaired) electrons. The summed E-state index contributed by atoms with van der Waals surface area (Å²) in [6.45, 7) is 7.22. The molecule has 0 aliphatic carbocycles. The summed E-state index contributed by atoms with van der Waals surface area (Å²) in [5.41, 5.74) is 1.15. The highest BCUT2D eigenvalue weighted by Gasteiger charge is 2.06. The fourth-order valence-electron chi connectivity index (χ4n) is 1.95. The molecule has 0 amide bonds. The molecule has 5 heteroatoms. The molecule has 20 heavy (non-hydrogen) atoms. The first kappa shape index (κ1) is 14.9. The van der Waals surface area contributed by atoms with Gasteiger partial charge in [-0.2, -0.15) is 0 Å². The number of rotatable bonds is 7. The lowest BCUT2D eigenvalue weighted by Gasteiger charge is -2.10. The zero-order valence-electron chi connectivity index (χ0n) is 11.9. The van der Waals surface area contributed by atoms with Crippen LogP contribution in [0.25, 0.3) is 0 Å². The summed E-state index contributed by atoms with van der Waals surface area (Å²) >= 11 is 6.24. The van der Waals surface area contributed by atoms with E-state index in [1.165, 1.54) is 0 Å². The van der Waals surface area contributed by atoms with Crippen LogP contribution in [0.4, 0.5) is 0 Å². The molecule has 1 N–H and O–H groups in total. The van der Waals surface area contributed by atoms with E-state index in [4.69, 9.17) is 16.3 Å². The number of nitrogens with one attached hydrogen (secondary N) is 1. The van der Waals surface area contributed by atoms with E-state index in [0.29, 0.717) is 17.4 Å². The minimum Gasteiger partial charge on any atom is -0.484 e. The molecule has 0 unspecified atom stereocenters. The van der Waals surface area contributed by atoms with Crippen LogP contribution in [0.15, 0.2) is 30.6 Å². The van der Waals surface area contributed by atoms with Gasteiger partial charge in [-0.3, -0.25) is 0 Å². The van der Waals surface area contributed by atoms with Gasteiger partial charge in [-0.15, -0.1) is 0 Å². The topological polar surface area (TPSA) is 39.1 Å². The number of hydrogen-bond acceptors (Lipinski definition) is 3. The summed E-state index contributed by atoms with van der Waals surface area (Å²) in [5.74, 6) is 1.60. The molecule has 0 bridgehead atoms. The number of imidazole rings is 1. The first-order valence-corrected chi connectivity index (χ1v) is 7.24. The van der Waals surface area contributed by atoms with Crippen LogP contribution in [0, 0.1) is 0 Å². The van der Waals surface area contributed by atoms with Gasteiger partial charge >= 0.3 is 0 Å². The number of benzene rings is 1. The fourth-order valence-corrected chi connectivity index (χ4v) is 2.21. The van der Waals surface area contributed by atoms with Crippen molar-refractivity contribution in [1.29, 1.82) is 0 Å². The zero-order chi connectivity index (χ0) is 14.4. The normalized spacial score (nSPS) is 10.8. The van der Waals surface area contributed by atoms with Gasteiger partial charge in [-0.05, 0) is 31.2 Å². The lowest BCUT2D eigenvalue weighted by Crippen LogP contribution is -2.11. The van der Waals surface area contributed by atoms with Crippen molar-refractivity contribution in [3.05, 3.63) is 47.0 Å². The summed E-state index contributed by atoms with van der Waals surface area (Å²) in [7, 11) is 0. The first-order chi connectivity index (χ1) is 9.74. The van der Waals surface area contributed by atoms with Crippen LogP contribution >= 0.6 is 11.6 Å². The Morgan fingerprint density at radius 1 is 1.35 bits per heavy atom. The number of hydrogen-bond donors (Lipinski definition) is 1. The molecule has 1 aromatic carbocycles. The number of aryl methyl sites for hydroxylation is 1. The highest BCUT2D eigenvalue weighted by molar-refractivity contribution is 6.32. The van der Waals surface area contributed by atoms with Crippen molar-refractivity contribution >= 4 is 11.6 Å². The second-order valence-electron chi connectivity index (χ2n) is 4.46. The summed E-state index contributed by atoms with van der Waals surface area (Å²) in [6.07, 6.45) is 3.73. The minimum atomic E-state index is 0.424. The highest BCUT2D eigenvalue weighted by Crippen LogP contribution is 2.26. The summed E-state index contributed by atoms with van der Waals surface area (Å²) in [5, 5.41) is 3.90. The van der Waals surface area contributed by atoms with Crippen molar-refractivity contribution in [3.63, 3.8) is 0 Å². The van der Waals surface area contributed by atoms with Gasteiger partial charge in [-0.1, -0.05) is 24.6 Å². The average molecular weight is 294 g/mol. The summed E-state index contributed by atoms with van der Waals surface area (Å²) in [4.78, 5) is 4.27. The molecule has 2 rings (SSSR count). The van der Waals surface area contributed by atoms with Crippen LogP contribution in [0.3, 0.4) is 0 Å². The Morgan fingerprint density at radius 2 is 2.20 bits per heavy atom. The molecule has 0 atom stereocenters. The Kier molecular flexibility index (Phi) is 5.44. The molecular weight excluding hydrogens is 274 g/mol. The second kappa shape index (κ2) is 7.31. The van der Waals surface area contributed by atoms with Gasteiger partial charge in [0, 0.05) is 25.5 Å². The maximum Gasteiger partial charge on any atom is 0.146 e. The predicted octanol–water partition coefficient (Wildman–Crippen LogP) is 3.24.